The van der Waals surface area contributed by atoms with Crippen molar-refractivity contribution in [2.75, 3.05) is 33.4 Å². The standard InChI is InChI=1S/C25H29FN2O5/c1-25(2,31)15-27-13-17-14-33-21-12-19(32-3)8-9-20(21)23(17)28(11-10-22(27)29)24(30)16-4-6-18(26)7-5-16/h4-9,12,17,23,31H,10-11,13-15H2,1-3H3/t17-,23-/m0/s1. The molecular weight excluding hydrogens is 427 g/mol. The largest absolute Gasteiger partial charge is 0.497 e. The van der Waals surface area contributed by atoms with Crippen molar-refractivity contribution in [3.05, 3.63) is 59.4 Å². The van der Waals surface area contributed by atoms with Crippen molar-refractivity contribution in [2.45, 2.75) is 31.9 Å². The van der Waals surface area contributed by atoms with Crippen LogP contribution in [0.4, 0.5) is 4.39 Å². The van der Waals surface area contributed by atoms with Gasteiger partial charge >= 0.3 is 0 Å². The molecule has 2 atom stereocenters. The minimum absolute atomic E-state index is 0.124. The van der Waals surface area contributed by atoms with E-state index in [4.69, 9.17) is 9.47 Å². The molecule has 176 valence electrons. The first-order chi connectivity index (χ1) is 15.7. The van der Waals surface area contributed by atoms with Crippen molar-refractivity contribution in [1.82, 2.24) is 9.80 Å². The first-order valence-electron chi connectivity index (χ1n) is 11.0. The summed E-state index contributed by atoms with van der Waals surface area (Å²) in [7, 11) is 1.58. The number of hydrogen-bond acceptors (Lipinski definition) is 5. The predicted octanol–water partition coefficient (Wildman–Crippen LogP) is 3.03. The van der Waals surface area contributed by atoms with Gasteiger partial charge in [0.25, 0.3) is 5.91 Å². The number of methoxy groups -OCH3 is 1. The zero-order valence-electron chi connectivity index (χ0n) is 19.1. The summed E-state index contributed by atoms with van der Waals surface area (Å²) in [6.45, 7) is 4.36. The van der Waals surface area contributed by atoms with E-state index in [9.17, 15) is 19.1 Å². The number of β-amino-alcohol motifs (C(OH)–C–C–N with tert-alkyl or cyclic N) is 1. The fourth-order valence-electron chi connectivity index (χ4n) is 4.63. The van der Waals surface area contributed by atoms with Crippen LogP contribution in [0.2, 0.25) is 0 Å². The smallest absolute Gasteiger partial charge is 0.254 e. The van der Waals surface area contributed by atoms with E-state index in [1.807, 2.05) is 12.1 Å². The van der Waals surface area contributed by atoms with Crippen molar-refractivity contribution < 1.29 is 28.6 Å². The Morgan fingerprint density at radius 2 is 1.97 bits per heavy atom. The summed E-state index contributed by atoms with van der Waals surface area (Å²) in [5.41, 5.74) is 0.146. The number of hydrogen-bond donors (Lipinski definition) is 1. The molecule has 8 heteroatoms. The SMILES string of the molecule is COc1ccc2c(c1)OC[C@@H]1CN(CC(C)(C)O)C(=O)CCN(C(=O)c3ccc(F)cc3)[C@H]21. The van der Waals surface area contributed by atoms with Crippen LogP contribution in [0.25, 0.3) is 0 Å². The van der Waals surface area contributed by atoms with Crippen molar-refractivity contribution in [3.63, 3.8) is 0 Å². The molecule has 0 spiro atoms. The normalized spacial score (nSPS) is 20.8. The van der Waals surface area contributed by atoms with Crippen molar-refractivity contribution >= 4 is 11.8 Å². The monoisotopic (exact) mass is 456 g/mol. The molecule has 2 aliphatic heterocycles. The van der Waals surface area contributed by atoms with Gasteiger partial charge in [-0.3, -0.25) is 9.59 Å². The maximum Gasteiger partial charge on any atom is 0.254 e. The van der Waals surface area contributed by atoms with Gasteiger partial charge in [-0.1, -0.05) is 0 Å². The lowest BCUT2D eigenvalue weighted by Crippen LogP contribution is -2.53. The summed E-state index contributed by atoms with van der Waals surface area (Å²) in [6, 6.07) is 10.6. The van der Waals surface area contributed by atoms with Crippen LogP contribution < -0.4 is 9.47 Å². The van der Waals surface area contributed by atoms with Gasteiger partial charge in [-0.2, -0.15) is 0 Å². The number of carbonyl (C=O) groups excluding carboxylic acids is 2. The Kier molecular flexibility index (Phi) is 6.30. The van der Waals surface area contributed by atoms with Gasteiger partial charge < -0.3 is 24.4 Å². The maximum atomic E-state index is 13.6. The highest BCUT2D eigenvalue weighted by molar-refractivity contribution is 5.95. The first-order valence-corrected chi connectivity index (χ1v) is 11.0. The number of ether oxygens (including phenoxy) is 2. The lowest BCUT2D eigenvalue weighted by atomic mass is 9.86. The quantitative estimate of drug-likeness (QED) is 0.765. The van der Waals surface area contributed by atoms with E-state index >= 15 is 0 Å². The second-order valence-electron chi connectivity index (χ2n) is 9.26. The third-order valence-corrected chi connectivity index (χ3v) is 6.08. The lowest BCUT2D eigenvalue weighted by molar-refractivity contribution is -0.137. The molecule has 0 unspecified atom stereocenters. The van der Waals surface area contributed by atoms with E-state index in [1.165, 1.54) is 24.3 Å². The Bertz CT molecular complexity index is 1030. The number of fused-ring (bicyclic) bond motifs is 3. The van der Waals surface area contributed by atoms with Crippen LogP contribution in [0, 0.1) is 11.7 Å². The van der Waals surface area contributed by atoms with Crippen LogP contribution in [-0.4, -0.2) is 65.7 Å². The molecule has 2 aromatic rings. The number of rotatable bonds is 4. The van der Waals surface area contributed by atoms with Crippen LogP contribution in [0.15, 0.2) is 42.5 Å². The van der Waals surface area contributed by atoms with Crippen molar-refractivity contribution in [1.29, 1.82) is 0 Å². The Morgan fingerprint density at radius 3 is 2.64 bits per heavy atom. The third-order valence-electron chi connectivity index (χ3n) is 6.08. The molecule has 0 aliphatic carbocycles. The highest BCUT2D eigenvalue weighted by atomic mass is 19.1. The van der Waals surface area contributed by atoms with Gasteiger partial charge in [0.05, 0.1) is 25.4 Å². The van der Waals surface area contributed by atoms with Crippen LogP contribution >= 0.6 is 0 Å². The van der Waals surface area contributed by atoms with Crippen LogP contribution in [0.3, 0.4) is 0 Å². The molecular formula is C25H29FN2O5. The molecule has 1 N–H and O–H groups in total. The molecule has 4 rings (SSSR count). The summed E-state index contributed by atoms with van der Waals surface area (Å²) in [5, 5.41) is 10.3. The zero-order chi connectivity index (χ0) is 23.8. The Hall–Kier alpha value is -3.13. The highest BCUT2D eigenvalue weighted by Crippen LogP contribution is 2.43. The van der Waals surface area contributed by atoms with Crippen LogP contribution in [0.1, 0.15) is 42.2 Å². The molecule has 1 saturated heterocycles. The summed E-state index contributed by atoms with van der Waals surface area (Å²) in [6.07, 6.45) is 0.124. The topological polar surface area (TPSA) is 79.3 Å². The molecule has 0 radical (unpaired) electrons. The second-order valence-corrected chi connectivity index (χ2v) is 9.26. The van der Waals surface area contributed by atoms with Crippen molar-refractivity contribution in [3.8, 4) is 11.5 Å². The number of amides is 2. The number of carbonyl (C=O) groups is 2. The van der Waals surface area contributed by atoms with Gasteiger partial charge in [-0.25, -0.2) is 4.39 Å². The van der Waals surface area contributed by atoms with E-state index in [0.717, 1.165) is 5.56 Å². The molecule has 0 bridgehead atoms. The number of aliphatic hydroxyl groups is 1. The summed E-state index contributed by atoms with van der Waals surface area (Å²) >= 11 is 0. The van der Waals surface area contributed by atoms with Crippen LogP contribution in [-0.2, 0) is 4.79 Å². The van der Waals surface area contributed by atoms with Gasteiger partial charge in [0.1, 0.15) is 17.3 Å². The zero-order valence-corrected chi connectivity index (χ0v) is 19.1. The minimum Gasteiger partial charge on any atom is -0.497 e. The molecule has 0 aromatic heterocycles. The van der Waals surface area contributed by atoms with Gasteiger partial charge in [0.15, 0.2) is 0 Å². The molecule has 2 aliphatic rings. The molecule has 2 aromatic carbocycles. The fourth-order valence-corrected chi connectivity index (χ4v) is 4.63. The highest BCUT2D eigenvalue weighted by Gasteiger charge is 2.42. The fraction of sp³-hybridized carbons (Fsp3) is 0.440. The van der Waals surface area contributed by atoms with E-state index in [0.29, 0.717) is 30.2 Å². The summed E-state index contributed by atoms with van der Waals surface area (Å²) in [5.74, 6) is 0.257. The van der Waals surface area contributed by atoms with E-state index in [2.05, 4.69) is 0 Å². The van der Waals surface area contributed by atoms with E-state index < -0.39 is 11.4 Å². The molecule has 2 heterocycles. The second kappa shape index (κ2) is 9.02. The van der Waals surface area contributed by atoms with Gasteiger partial charge in [0, 0.05) is 49.2 Å². The average Bonchev–Trinajstić information content (AvgIpc) is 2.77. The Labute approximate surface area is 192 Å². The maximum absolute atomic E-state index is 13.6. The average molecular weight is 457 g/mol. The van der Waals surface area contributed by atoms with Gasteiger partial charge in [0.2, 0.25) is 5.91 Å². The summed E-state index contributed by atoms with van der Waals surface area (Å²) in [4.78, 5) is 29.9. The van der Waals surface area contributed by atoms with E-state index in [1.54, 1.807) is 36.8 Å². The molecule has 1 fully saturated rings. The molecule has 2 amide bonds. The van der Waals surface area contributed by atoms with Crippen molar-refractivity contribution in [2.24, 2.45) is 5.92 Å². The molecule has 33 heavy (non-hydrogen) atoms. The minimum atomic E-state index is -1.05. The van der Waals surface area contributed by atoms with Gasteiger partial charge in [-0.15, -0.1) is 0 Å². The van der Waals surface area contributed by atoms with Gasteiger partial charge in [-0.05, 0) is 50.2 Å². The summed E-state index contributed by atoms with van der Waals surface area (Å²) < 4.78 is 24.8. The first kappa shape index (κ1) is 23.0. The molecule has 7 nitrogen and oxygen atoms in total. The number of benzene rings is 2. The predicted molar refractivity (Wildman–Crippen MR) is 120 cm³/mol. The van der Waals surface area contributed by atoms with E-state index in [-0.39, 0.29) is 43.3 Å². The number of nitrogens with zero attached hydrogens (tertiary/aromatic N) is 2. The Morgan fingerprint density at radius 1 is 1.24 bits per heavy atom. The Balaban J connectivity index is 1.75. The van der Waals surface area contributed by atoms with Crippen LogP contribution in [0.5, 0.6) is 11.5 Å². The molecule has 0 saturated carbocycles. The lowest BCUT2D eigenvalue weighted by Gasteiger charge is -2.45. The number of halogens is 1. The third kappa shape index (κ3) is 4.95.